The minimum atomic E-state index is -2.93. The molecular weight excluding hydrogens is 657 g/mol. The molecule has 0 bridgehead atoms. The Hall–Kier alpha value is -6.42. The molecule has 0 atom stereocenters. The van der Waals surface area contributed by atoms with Crippen molar-refractivity contribution >= 4 is 72.4 Å². The molecule has 0 radical (unpaired) electrons. The molecule has 252 valence electrons. The van der Waals surface area contributed by atoms with Crippen LogP contribution in [0.2, 0.25) is 0 Å². The van der Waals surface area contributed by atoms with Gasteiger partial charge in [0, 0.05) is 32.9 Å². The number of rotatable bonds is 6. The largest absolute Gasteiger partial charge is 0.309 e. The SMILES string of the molecule is Cc1ccc([Si](c2ccc(C)cc2)(c2cccc(-n3c4ccccc4c4ccccc43)c2)c2cccc(-n3c4ccccc4c4ccccc43)c2)cc1. The number of aryl methyl sites for hydroxylation is 2. The van der Waals surface area contributed by atoms with Gasteiger partial charge in [-0.3, -0.25) is 0 Å². The van der Waals surface area contributed by atoms with Crippen LogP contribution < -0.4 is 20.7 Å². The Morgan fingerprint density at radius 2 is 0.623 bits per heavy atom. The molecule has 53 heavy (non-hydrogen) atoms. The molecule has 8 aromatic carbocycles. The second kappa shape index (κ2) is 12.4. The summed E-state index contributed by atoms with van der Waals surface area (Å²) < 4.78 is 4.90. The van der Waals surface area contributed by atoms with Crippen LogP contribution in [0.15, 0.2) is 194 Å². The van der Waals surface area contributed by atoms with Gasteiger partial charge in [0.15, 0.2) is 8.07 Å². The van der Waals surface area contributed by atoms with Crippen molar-refractivity contribution in [3.8, 4) is 11.4 Å². The molecule has 0 unspecified atom stereocenters. The molecule has 0 fully saturated rings. The van der Waals surface area contributed by atoms with E-state index in [9.17, 15) is 0 Å². The fourth-order valence-electron chi connectivity index (χ4n) is 8.77. The Labute approximate surface area is 310 Å². The molecule has 0 saturated heterocycles. The Balaban J connectivity index is 1.30. The fourth-order valence-corrected chi connectivity index (χ4v) is 13.5. The molecule has 0 aliphatic carbocycles. The molecule has 2 aromatic heterocycles. The summed E-state index contributed by atoms with van der Waals surface area (Å²) in [5.74, 6) is 0. The number of fused-ring (bicyclic) bond motifs is 6. The minimum absolute atomic E-state index is 1.18. The molecule has 0 N–H and O–H groups in total. The number of nitrogens with zero attached hydrogens (tertiary/aromatic N) is 2. The van der Waals surface area contributed by atoms with Gasteiger partial charge in [0.25, 0.3) is 0 Å². The summed E-state index contributed by atoms with van der Waals surface area (Å²) in [6.45, 7) is 4.37. The van der Waals surface area contributed by atoms with Gasteiger partial charge in [-0.05, 0) is 83.1 Å². The standard InChI is InChI=1S/C50H38N2Si/c1-35-25-29-39(30-26-35)53(40-31-27-36(2)28-32-40,41-15-11-13-37(33-41)51-47-21-7-3-17-43(47)44-18-4-8-22-48(44)51)42-16-12-14-38(34-42)52-49-23-9-5-19-45(49)46-20-6-10-24-50(46)52/h3-34H,1-2H3. The maximum atomic E-state index is 2.48. The molecule has 0 aliphatic heterocycles. The Kier molecular flexibility index (Phi) is 7.31. The van der Waals surface area contributed by atoms with Crippen molar-refractivity contribution in [1.82, 2.24) is 9.13 Å². The van der Waals surface area contributed by atoms with Gasteiger partial charge < -0.3 is 9.13 Å². The molecule has 3 heteroatoms. The van der Waals surface area contributed by atoms with Gasteiger partial charge in [-0.25, -0.2) is 0 Å². The van der Waals surface area contributed by atoms with Crippen LogP contribution in [-0.4, -0.2) is 17.2 Å². The summed E-state index contributed by atoms with van der Waals surface area (Å²) >= 11 is 0. The first-order valence-electron chi connectivity index (χ1n) is 18.4. The molecule has 10 rings (SSSR count). The maximum absolute atomic E-state index is 2.93. The maximum Gasteiger partial charge on any atom is 0.179 e. The van der Waals surface area contributed by atoms with Crippen LogP contribution in [0.4, 0.5) is 0 Å². The highest BCUT2D eigenvalue weighted by molar-refractivity contribution is 7.20. The Bertz CT molecular complexity index is 2650. The minimum Gasteiger partial charge on any atom is -0.309 e. The van der Waals surface area contributed by atoms with E-state index < -0.39 is 8.07 Å². The lowest BCUT2D eigenvalue weighted by Gasteiger charge is -2.35. The van der Waals surface area contributed by atoms with Crippen molar-refractivity contribution in [1.29, 1.82) is 0 Å². The molecule has 0 saturated carbocycles. The number of benzene rings is 8. The Morgan fingerprint density at radius 3 is 0.962 bits per heavy atom. The van der Waals surface area contributed by atoms with E-state index >= 15 is 0 Å². The van der Waals surface area contributed by atoms with Gasteiger partial charge in [0.2, 0.25) is 0 Å². The van der Waals surface area contributed by atoms with Crippen LogP contribution in [0.25, 0.3) is 55.0 Å². The van der Waals surface area contributed by atoms with Gasteiger partial charge >= 0.3 is 0 Å². The number of hydrogen-bond donors (Lipinski definition) is 0. The predicted octanol–water partition coefficient (Wildman–Crippen LogP) is 9.88. The van der Waals surface area contributed by atoms with Crippen molar-refractivity contribution in [2.75, 3.05) is 0 Å². The van der Waals surface area contributed by atoms with Crippen molar-refractivity contribution in [3.05, 3.63) is 205 Å². The highest BCUT2D eigenvalue weighted by Crippen LogP contribution is 2.33. The van der Waals surface area contributed by atoms with Crippen LogP contribution in [0.1, 0.15) is 11.1 Å². The summed E-state index contributed by atoms with van der Waals surface area (Å²) in [7, 11) is -2.93. The van der Waals surface area contributed by atoms with E-state index in [1.807, 2.05) is 0 Å². The molecule has 2 heterocycles. The zero-order valence-electron chi connectivity index (χ0n) is 29.9. The molecule has 2 nitrogen and oxygen atoms in total. The normalized spacial score (nSPS) is 12.0. The van der Waals surface area contributed by atoms with Crippen LogP contribution in [0.3, 0.4) is 0 Å². The van der Waals surface area contributed by atoms with Crippen LogP contribution in [0, 0.1) is 13.8 Å². The first-order valence-corrected chi connectivity index (χ1v) is 20.4. The van der Waals surface area contributed by atoms with Crippen LogP contribution in [-0.2, 0) is 0 Å². The summed E-state index contributed by atoms with van der Waals surface area (Å²) in [6.07, 6.45) is 0. The highest BCUT2D eigenvalue weighted by Gasteiger charge is 2.42. The van der Waals surface area contributed by atoms with Crippen molar-refractivity contribution in [2.24, 2.45) is 0 Å². The predicted molar refractivity (Wildman–Crippen MR) is 228 cm³/mol. The lowest BCUT2D eigenvalue weighted by Crippen LogP contribution is -2.74. The van der Waals surface area contributed by atoms with E-state index in [1.54, 1.807) is 0 Å². The van der Waals surface area contributed by atoms with Gasteiger partial charge in [0.05, 0.1) is 22.1 Å². The quantitative estimate of drug-likeness (QED) is 0.121. The van der Waals surface area contributed by atoms with Crippen molar-refractivity contribution in [3.63, 3.8) is 0 Å². The smallest absolute Gasteiger partial charge is 0.179 e. The molecule has 0 spiro atoms. The summed E-state index contributed by atoms with van der Waals surface area (Å²) in [5.41, 5.74) is 9.75. The monoisotopic (exact) mass is 694 g/mol. The fraction of sp³-hybridized carbons (Fsp3) is 0.0400. The van der Waals surface area contributed by atoms with Crippen LogP contribution >= 0.6 is 0 Å². The average Bonchev–Trinajstić information content (AvgIpc) is 3.73. The summed E-state index contributed by atoms with van der Waals surface area (Å²) in [5, 5.41) is 10.5. The van der Waals surface area contributed by atoms with E-state index in [1.165, 1.54) is 86.9 Å². The highest BCUT2D eigenvalue weighted by atomic mass is 28.3. The zero-order valence-corrected chi connectivity index (χ0v) is 30.9. The van der Waals surface area contributed by atoms with Crippen LogP contribution in [0.5, 0.6) is 0 Å². The van der Waals surface area contributed by atoms with Gasteiger partial charge in [-0.1, -0.05) is 157 Å². The molecule has 10 aromatic rings. The number of para-hydroxylation sites is 4. The summed E-state index contributed by atoms with van der Waals surface area (Å²) in [6, 6.07) is 72.7. The average molecular weight is 695 g/mol. The van der Waals surface area contributed by atoms with Crippen molar-refractivity contribution in [2.45, 2.75) is 13.8 Å². The van der Waals surface area contributed by atoms with E-state index in [0.717, 1.165) is 0 Å². The van der Waals surface area contributed by atoms with Gasteiger partial charge in [0.1, 0.15) is 0 Å². The Morgan fingerprint density at radius 1 is 0.302 bits per heavy atom. The zero-order chi connectivity index (χ0) is 35.5. The number of hydrogen-bond acceptors (Lipinski definition) is 0. The second-order valence-corrected chi connectivity index (χ2v) is 18.1. The number of aromatic nitrogens is 2. The van der Waals surface area contributed by atoms with Gasteiger partial charge in [-0.2, -0.15) is 0 Å². The first-order chi connectivity index (χ1) is 26.1. The van der Waals surface area contributed by atoms with E-state index in [0.29, 0.717) is 0 Å². The topological polar surface area (TPSA) is 9.86 Å². The molecule has 0 aliphatic rings. The third-order valence-electron chi connectivity index (χ3n) is 11.2. The lowest BCUT2D eigenvalue weighted by molar-refractivity contribution is 1.18. The van der Waals surface area contributed by atoms with Gasteiger partial charge in [-0.15, -0.1) is 0 Å². The third-order valence-corrected chi connectivity index (χ3v) is 16.0. The van der Waals surface area contributed by atoms with E-state index in [2.05, 4.69) is 217 Å². The first kappa shape index (κ1) is 31.3. The molecule has 0 amide bonds. The molecular formula is C50H38N2Si. The lowest BCUT2D eigenvalue weighted by atomic mass is 10.2. The van der Waals surface area contributed by atoms with E-state index in [4.69, 9.17) is 0 Å². The van der Waals surface area contributed by atoms with Crippen molar-refractivity contribution < 1.29 is 0 Å². The third kappa shape index (κ3) is 4.85. The summed E-state index contributed by atoms with van der Waals surface area (Å²) in [4.78, 5) is 0. The second-order valence-electron chi connectivity index (χ2n) is 14.3. The van der Waals surface area contributed by atoms with E-state index in [-0.39, 0.29) is 0 Å².